The SMILES string of the molecule is Brc1ccc2c(c1)C(c1ccc3c(c1)CC3)(c1ccc3c(c1)CC3)c1cc(Br)ccc1-2.Cc1ccc(N(c2ccc(Br)cc2)c2ccc3c(c2)C(C)(C)c2cc(N(c4ccc(C)cc4)c4ccc(Br)cc4)ccc2-3)cc1. The van der Waals surface area contributed by atoms with Gasteiger partial charge in [0.15, 0.2) is 0 Å². The molecule has 4 aliphatic carbocycles. The van der Waals surface area contributed by atoms with Gasteiger partial charge in [-0.3, -0.25) is 0 Å². The molecule has 76 heavy (non-hydrogen) atoms. The van der Waals surface area contributed by atoms with Gasteiger partial charge in [0.05, 0.1) is 5.41 Å². The second-order valence-electron chi connectivity index (χ2n) is 21.5. The molecule has 0 saturated carbocycles. The lowest BCUT2D eigenvalue weighted by Crippen LogP contribution is -2.30. The van der Waals surface area contributed by atoms with Crippen molar-refractivity contribution in [1.82, 2.24) is 0 Å². The van der Waals surface area contributed by atoms with Crippen LogP contribution in [0.1, 0.15) is 80.6 Å². The number of hydrogen-bond donors (Lipinski definition) is 0. The normalized spacial score (nSPS) is 14.3. The van der Waals surface area contributed by atoms with Crippen LogP contribution in [-0.4, -0.2) is 0 Å². The summed E-state index contributed by atoms with van der Waals surface area (Å²) < 4.78 is 4.41. The first-order chi connectivity index (χ1) is 36.8. The van der Waals surface area contributed by atoms with E-state index in [0.717, 1.165) is 52.0 Å². The number of hydrogen-bond acceptors (Lipinski definition) is 2. The highest BCUT2D eigenvalue weighted by molar-refractivity contribution is 9.11. The number of aryl methyl sites for hydroxylation is 6. The Kier molecular flexibility index (Phi) is 12.5. The standard InChI is InChI=1S/C41H34Br2N2.C29H20Br2/c1-27-5-13-31(14-6-27)44(33-17-9-29(42)10-18-33)35-21-23-37-38-24-22-36(26-40(38)41(3,4)39(37)25-35)45(32-15-7-28(2)8-16-32)34-19-11-30(43)12-20-34;30-23-9-11-25-26-12-10-24(31)16-28(26)29(27(25)15-23,21-7-5-17-1-3-19(17)13-21)22-8-6-18-2-4-20(18)14-22/h5-26H,1-4H3;5-16H,1-4H2. The Morgan fingerprint density at radius 1 is 0.303 bits per heavy atom. The lowest BCUT2D eigenvalue weighted by Gasteiger charge is -2.36. The number of rotatable bonds is 8. The first-order valence-electron chi connectivity index (χ1n) is 26.2. The van der Waals surface area contributed by atoms with E-state index in [2.05, 4.69) is 307 Å². The lowest BCUT2D eigenvalue weighted by molar-refractivity contribution is 0.660. The molecule has 0 radical (unpaired) electrons. The minimum absolute atomic E-state index is 0.186. The van der Waals surface area contributed by atoms with Crippen molar-refractivity contribution in [2.24, 2.45) is 0 Å². The third-order valence-corrected chi connectivity index (χ3v) is 18.6. The van der Waals surface area contributed by atoms with E-state index in [1.54, 1.807) is 0 Å². The van der Waals surface area contributed by atoms with Crippen molar-refractivity contribution >= 4 is 97.8 Å². The second kappa shape index (κ2) is 19.3. The van der Waals surface area contributed by atoms with Crippen LogP contribution < -0.4 is 9.80 Å². The third kappa shape index (κ3) is 8.38. The molecule has 4 aliphatic rings. The van der Waals surface area contributed by atoms with Crippen LogP contribution >= 0.6 is 63.7 Å². The Hall–Kier alpha value is -6.28. The van der Waals surface area contributed by atoms with Gasteiger partial charge in [-0.1, -0.05) is 174 Å². The first kappa shape index (κ1) is 49.3. The minimum atomic E-state index is -0.298. The van der Waals surface area contributed by atoms with Crippen LogP contribution in [-0.2, 0) is 36.5 Å². The van der Waals surface area contributed by atoms with Crippen LogP contribution in [0.25, 0.3) is 22.3 Å². The van der Waals surface area contributed by atoms with Gasteiger partial charge in [-0.25, -0.2) is 0 Å². The van der Waals surface area contributed by atoms with Crippen LogP contribution in [0, 0.1) is 13.8 Å². The van der Waals surface area contributed by atoms with E-state index < -0.39 is 0 Å². The molecule has 0 heterocycles. The van der Waals surface area contributed by atoms with E-state index in [9.17, 15) is 0 Å². The first-order valence-corrected chi connectivity index (χ1v) is 29.4. The summed E-state index contributed by atoms with van der Waals surface area (Å²) >= 11 is 14.8. The molecule has 0 aromatic heterocycles. The van der Waals surface area contributed by atoms with Crippen molar-refractivity contribution < 1.29 is 0 Å². The molecule has 10 aromatic rings. The molecule has 0 unspecified atom stereocenters. The highest BCUT2D eigenvalue weighted by Crippen LogP contribution is 2.58. The minimum Gasteiger partial charge on any atom is -0.310 e. The van der Waals surface area contributed by atoms with E-state index in [1.165, 1.54) is 115 Å². The lowest BCUT2D eigenvalue weighted by atomic mass is 9.65. The molecule has 0 saturated heterocycles. The molecule has 14 rings (SSSR count). The molecule has 0 spiro atoms. The van der Waals surface area contributed by atoms with Crippen molar-refractivity contribution in [3.05, 3.63) is 291 Å². The van der Waals surface area contributed by atoms with Gasteiger partial charge in [0.2, 0.25) is 0 Å². The van der Waals surface area contributed by atoms with Crippen molar-refractivity contribution in [2.45, 2.75) is 64.2 Å². The van der Waals surface area contributed by atoms with E-state index in [0.29, 0.717) is 0 Å². The maximum absolute atomic E-state index is 3.79. The van der Waals surface area contributed by atoms with E-state index >= 15 is 0 Å². The van der Waals surface area contributed by atoms with Gasteiger partial charge in [0, 0.05) is 57.4 Å². The van der Waals surface area contributed by atoms with Crippen molar-refractivity contribution in [1.29, 1.82) is 0 Å². The predicted octanol–water partition coefficient (Wildman–Crippen LogP) is 20.8. The summed E-state index contributed by atoms with van der Waals surface area (Å²) in [6, 6.07) is 76.7. The van der Waals surface area contributed by atoms with Gasteiger partial charge in [0.1, 0.15) is 0 Å². The van der Waals surface area contributed by atoms with Gasteiger partial charge in [-0.15, -0.1) is 0 Å². The van der Waals surface area contributed by atoms with Crippen LogP contribution in [0.3, 0.4) is 0 Å². The van der Waals surface area contributed by atoms with Crippen molar-refractivity contribution in [3.63, 3.8) is 0 Å². The summed E-state index contributed by atoms with van der Waals surface area (Å²) in [5.41, 5.74) is 28.4. The Bertz CT molecular complexity index is 3570. The zero-order valence-corrected chi connectivity index (χ0v) is 49.2. The molecule has 0 fully saturated rings. The number of nitrogens with zero attached hydrogens (tertiary/aromatic N) is 2. The molecule has 10 aromatic carbocycles. The van der Waals surface area contributed by atoms with Gasteiger partial charge < -0.3 is 9.80 Å². The number of fused-ring (bicyclic) bond motifs is 8. The Labute approximate surface area is 481 Å². The highest BCUT2D eigenvalue weighted by Gasteiger charge is 2.47. The maximum atomic E-state index is 3.79. The predicted molar refractivity (Wildman–Crippen MR) is 332 cm³/mol. The quantitative estimate of drug-likeness (QED) is 0.150. The molecule has 6 heteroatoms. The zero-order chi connectivity index (χ0) is 52.0. The van der Waals surface area contributed by atoms with Crippen LogP contribution in [0.5, 0.6) is 0 Å². The monoisotopic (exact) mass is 1240 g/mol. The van der Waals surface area contributed by atoms with Gasteiger partial charge >= 0.3 is 0 Å². The second-order valence-corrected chi connectivity index (χ2v) is 25.1. The summed E-state index contributed by atoms with van der Waals surface area (Å²) in [5.74, 6) is 0. The molecule has 0 aliphatic heterocycles. The Balaban J connectivity index is 0.000000155. The number of anilines is 6. The molecular weight excluding hydrogens is 1190 g/mol. The van der Waals surface area contributed by atoms with E-state index in [1.807, 2.05) is 0 Å². The molecule has 372 valence electrons. The Morgan fingerprint density at radius 2 is 0.618 bits per heavy atom. The fourth-order valence-corrected chi connectivity index (χ4v) is 13.6. The van der Waals surface area contributed by atoms with E-state index in [-0.39, 0.29) is 10.8 Å². The summed E-state index contributed by atoms with van der Waals surface area (Å²) in [6.45, 7) is 8.98. The summed E-state index contributed by atoms with van der Waals surface area (Å²) in [7, 11) is 0. The largest absolute Gasteiger partial charge is 0.310 e. The summed E-state index contributed by atoms with van der Waals surface area (Å²) in [6.07, 6.45) is 4.82. The molecular formula is C70H54Br4N2. The smallest absolute Gasteiger partial charge is 0.0714 e. The third-order valence-electron chi connectivity index (χ3n) is 16.6. The van der Waals surface area contributed by atoms with Crippen LogP contribution in [0.4, 0.5) is 34.1 Å². The highest BCUT2D eigenvalue weighted by atomic mass is 79.9. The number of benzene rings is 10. The fraction of sp³-hybridized carbons (Fsp3) is 0.143. The van der Waals surface area contributed by atoms with Crippen LogP contribution in [0.15, 0.2) is 224 Å². The van der Waals surface area contributed by atoms with Gasteiger partial charge in [-0.2, -0.15) is 0 Å². The maximum Gasteiger partial charge on any atom is 0.0714 e. The zero-order valence-electron chi connectivity index (χ0n) is 42.9. The average molecular weight is 1240 g/mol. The molecule has 0 bridgehead atoms. The average Bonchev–Trinajstić information content (AvgIpc) is 3.97. The molecule has 0 amide bonds. The van der Waals surface area contributed by atoms with Crippen molar-refractivity contribution in [2.75, 3.05) is 9.80 Å². The summed E-state index contributed by atoms with van der Waals surface area (Å²) in [5, 5.41) is 0. The number of halogens is 4. The molecule has 0 N–H and O–H groups in total. The summed E-state index contributed by atoms with van der Waals surface area (Å²) in [4.78, 5) is 4.70. The van der Waals surface area contributed by atoms with Gasteiger partial charge in [-0.05, 0) is 239 Å². The van der Waals surface area contributed by atoms with Gasteiger partial charge in [0.25, 0.3) is 0 Å². The van der Waals surface area contributed by atoms with E-state index in [4.69, 9.17) is 0 Å². The topological polar surface area (TPSA) is 6.48 Å². The Morgan fingerprint density at radius 3 is 0.974 bits per heavy atom. The molecule has 0 atom stereocenters. The van der Waals surface area contributed by atoms with Crippen LogP contribution in [0.2, 0.25) is 0 Å². The fourth-order valence-electron chi connectivity index (χ4n) is 12.4. The molecule has 2 nitrogen and oxygen atoms in total. The van der Waals surface area contributed by atoms with Crippen molar-refractivity contribution in [3.8, 4) is 22.3 Å².